The lowest BCUT2D eigenvalue weighted by Gasteiger charge is -2.28. The Morgan fingerprint density at radius 2 is 1.76 bits per heavy atom. The first-order valence-electron chi connectivity index (χ1n) is 6.15. The van der Waals surface area contributed by atoms with Crippen molar-refractivity contribution in [2.24, 2.45) is 5.92 Å². The van der Waals surface area contributed by atoms with Gasteiger partial charge in [-0.25, -0.2) is 0 Å². The van der Waals surface area contributed by atoms with Gasteiger partial charge in [0.2, 0.25) is 0 Å². The number of benzene rings is 1. The van der Waals surface area contributed by atoms with Crippen molar-refractivity contribution in [2.45, 2.75) is 26.4 Å². The summed E-state index contributed by atoms with van der Waals surface area (Å²) in [6.45, 7) is 6.31. The molecule has 0 aliphatic rings. The summed E-state index contributed by atoms with van der Waals surface area (Å²) in [4.78, 5) is 2.26. The summed E-state index contributed by atoms with van der Waals surface area (Å²) in [5, 5.41) is 12.6. The van der Waals surface area contributed by atoms with Crippen LogP contribution in [0.4, 0.5) is 0 Å². The predicted octanol–water partition coefficient (Wildman–Crippen LogP) is 2.07. The molecule has 1 aromatic carbocycles. The lowest BCUT2D eigenvalue weighted by atomic mass is 10.0. The second-order valence-corrected chi connectivity index (χ2v) is 5.07. The fourth-order valence-corrected chi connectivity index (χ4v) is 1.99. The van der Waals surface area contributed by atoms with Gasteiger partial charge in [0.25, 0.3) is 0 Å². The zero-order valence-corrected chi connectivity index (χ0v) is 11.3. The van der Waals surface area contributed by atoms with Gasteiger partial charge in [0.15, 0.2) is 0 Å². The minimum absolute atomic E-state index is 0.321. The molecule has 17 heavy (non-hydrogen) atoms. The monoisotopic (exact) mass is 236 g/mol. The number of nitrogens with zero attached hydrogens (tertiary/aromatic N) is 1. The number of likely N-dealkylation sites (N-methyl/N-ethyl adjacent to an activating group) is 1. The Morgan fingerprint density at radius 1 is 1.18 bits per heavy atom. The van der Waals surface area contributed by atoms with E-state index in [0.717, 1.165) is 13.1 Å². The van der Waals surface area contributed by atoms with E-state index in [1.165, 1.54) is 5.56 Å². The molecule has 3 heteroatoms. The Balaban J connectivity index is 2.38. The van der Waals surface area contributed by atoms with Gasteiger partial charge in [0.1, 0.15) is 5.75 Å². The Hall–Kier alpha value is -1.06. The number of nitrogens with one attached hydrogen (secondary N) is 1. The molecule has 0 aliphatic heterocycles. The summed E-state index contributed by atoms with van der Waals surface area (Å²) in [6.07, 6.45) is 0. The van der Waals surface area contributed by atoms with Gasteiger partial charge >= 0.3 is 0 Å². The molecule has 0 amide bonds. The van der Waals surface area contributed by atoms with Crippen LogP contribution in [0.5, 0.6) is 5.75 Å². The highest BCUT2D eigenvalue weighted by atomic mass is 16.3. The highest BCUT2D eigenvalue weighted by Crippen LogP contribution is 2.10. The smallest absolute Gasteiger partial charge is 0.115 e. The van der Waals surface area contributed by atoms with E-state index < -0.39 is 0 Å². The molecule has 0 saturated carbocycles. The number of hydrogen-bond donors (Lipinski definition) is 2. The van der Waals surface area contributed by atoms with E-state index in [1.807, 2.05) is 12.1 Å². The maximum atomic E-state index is 9.19. The van der Waals surface area contributed by atoms with Crippen LogP contribution in [0.2, 0.25) is 0 Å². The Bertz CT molecular complexity index is 311. The zero-order chi connectivity index (χ0) is 12.8. The van der Waals surface area contributed by atoms with Crippen molar-refractivity contribution in [3.05, 3.63) is 29.8 Å². The van der Waals surface area contributed by atoms with E-state index in [9.17, 15) is 5.11 Å². The summed E-state index contributed by atoms with van der Waals surface area (Å²) in [5.74, 6) is 0.958. The van der Waals surface area contributed by atoms with E-state index in [4.69, 9.17) is 0 Å². The third-order valence-corrected chi connectivity index (χ3v) is 3.05. The molecule has 0 saturated heterocycles. The van der Waals surface area contributed by atoms with Gasteiger partial charge < -0.3 is 15.3 Å². The average Bonchev–Trinajstić information content (AvgIpc) is 2.25. The minimum atomic E-state index is 0.321. The number of phenols is 1. The summed E-state index contributed by atoms with van der Waals surface area (Å²) in [7, 11) is 4.24. The van der Waals surface area contributed by atoms with E-state index >= 15 is 0 Å². The van der Waals surface area contributed by atoms with Gasteiger partial charge in [-0.1, -0.05) is 26.0 Å². The number of aromatic hydroxyl groups is 1. The molecule has 2 N–H and O–H groups in total. The lowest BCUT2D eigenvalue weighted by Crippen LogP contribution is -2.41. The normalized spacial score (nSPS) is 13.3. The van der Waals surface area contributed by atoms with Gasteiger partial charge in [-0.2, -0.15) is 0 Å². The van der Waals surface area contributed by atoms with Crippen molar-refractivity contribution >= 4 is 0 Å². The van der Waals surface area contributed by atoms with Crippen molar-refractivity contribution in [3.8, 4) is 5.75 Å². The van der Waals surface area contributed by atoms with Crippen LogP contribution in [-0.4, -0.2) is 36.7 Å². The third-order valence-electron chi connectivity index (χ3n) is 3.05. The molecule has 1 atom stereocenters. The van der Waals surface area contributed by atoms with Crippen molar-refractivity contribution in [2.75, 3.05) is 20.6 Å². The van der Waals surface area contributed by atoms with Gasteiger partial charge in [0, 0.05) is 19.1 Å². The fourth-order valence-electron chi connectivity index (χ4n) is 1.99. The average molecular weight is 236 g/mol. The molecule has 0 spiro atoms. The van der Waals surface area contributed by atoms with Crippen LogP contribution >= 0.6 is 0 Å². The lowest BCUT2D eigenvalue weighted by molar-refractivity contribution is 0.224. The van der Waals surface area contributed by atoms with Gasteiger partial charge in [0.05, 0.1) is 0 Å². The van der Waals surface area contributed by atoms with Crippen LogP contribution in [0.25, 0.3) is 0 Å². The van der Waals surface area contributed by atoms with Crippen molar-refractivity contribution in [1.29, 1.82) is 0 Å². The SMILES string of the molecule is CC(C)C(CNCc1ccc(O)cc1)N(C)C. The summed E-state index contributed by atoms with van der Waals surface area (Å²) < 4.78 is 0. The predicted molar refractivity (Wildman–Crippen MR) is 72.1 cm³/mol. The van der Waals surface area contributed by atoms with E-state index in [-0.39, 0.29) is 0 Å². The van der Waals surface area contributed by atoms with Gasteiger partial charge in [-0.05, 0) is 37.7 Å². The van der Waals surface area contributed by atoms with Crippen molar-refractivity contribution in [3.63, 3.8) is 0 Å². The molecule has 1 rings (SSSR count). The molecule has 1 aromatic rings. The Kier molecular flexibility index (Phi) is 5.45. The molecular weight excluding hydrogens is 212 g/mol. The van der Waals surface area contributed by atoms with E-state index in [2.05, 4.69) is 38.2 Å². The Morgan fingerprint density at radius 3 is 2.24 bits per heavy atom. The highest BCUT2D eigenvalue weighted by molar-refractivity contribution is 5.25. The molecule has 96 valence electrons. The van der Waals surface area contributed by atoms with Crippen molar-refractivity contribution in [1.82, 2.24) is 10.2 Å². The van der Waals surface area contributed by atoms with Crippen LogP contribution in [0.3, 0.4) is 0 Å². The van der Waals surface area contributed by atoms with Gasteiger partial charge in [-0.15, -0.1) is 0 Å². The second-order valence-electron chi connectivity index (χ2n) is 5.07. The topological polar surface area (TPSA) is 35.5 Å². The van der Waals surface area contributed by atoms with Gasteiger partial charge in [-0.3, -0.25) is 0 Å². The Labute approximate surface area is 104 Å². The minimum Gasteiger partial charge on any atom is -0.508 e. The molecule has 0 aromatic heterocycles. The summed E-state index contributed by atoms with van der Waals surface area (Å²) in [6, 6.07) is 7.89. The maximum Gasteiger partial charge on any atom is 0.115 e. The first kappa shape index (κ1) is 14.0. The number of rotatable bonds is 6. The van der Waals surface area contributed by atoms with Crippen molar-refractivity contribution < 1.29 is 5.11 Å². The van der Waals surface area contributed by atoms with E-state index in [0.29, 0.717) is 17.7 Å². The molecule has 0 aliphatic carbocycles. The molecule has 0 bridgehead atoms. The molecule has 3 nitrogen and oxygen atoms in total. The maximum absolute atomic E-state index is 9.19. The number of hydrogen-bond acceptors (Lipinski definition) is 3. The second kappa shape index (κ2) is 6.62. The first-order valence-corrected chi connectivity index (χ1v) is 6.15. The van der Waals surface area contributed by atoms with Crippen LogP contribution < -0.4 is 5.32 Å². The standard InChI is InChI=1S/C14H24N2O/c1-11(2)14(16(3)4)10-15-9-12-5-7-13(17)8-6-12/h5-8,11,14-15,17H,9-10H2,1-4H3. The molecule has 0 fully saturated rings. The van der Waals surface area contributed by atoms with Crippen LogP contribution in [0, 0.1) is 5.92 Å². The molecule has 0 heterocycles. The highest BCUT2D eigenvalue weighted by Gasteiger charge is 2.14. The van der Waals surface area contributed by atoms with Crippen LogP contribution in [-0.2, 0) is 6.54 Å². The zero-order valence-electron chi connectivity index (χ0n) is 11.3. The van der Waals surface area contributed by atoms with Crippen LogP contribution in [0.1, 0.15) is 19.4 Å². The quantitative estimate of drug-likeness (QED) is 0.793. The molecule has 1 unspecified atom stereocenters. The van der Waals surface area contributed by atoms with Crippen LogP contribution in [0.15, 0.2) is 24.3 Å². The molecular formula is C14H24N2O. The number of phenolic OH excluding ortho intramolecular Hbond substituents is 1. The largest absolute Gasteiger partial charge is 0.508 e. The van der Waals surface area contributed by atoms with E-state index in [1.54, 1.807) is 12.1 Å². The summed E-state index contributed by atoms with van der Waals surface area (Å²) in [5.41, 5.74) is 1.20. The fraction of sp³-hybridized carbons (Fsp3) is 0.571. The third kappa shape index (κ3) is 4.75. The first-order chi connectivity index (χ1) is 8.00. The summed E-state index contributed by atoms with van der Waals surface area (Å²) >= 11 is 0. The molecule has 0 radical (unpaired) electrons.